The molecule has 4 rings (SSSR count). The second-order valence-corrected chi connectivity index (χ2v) is 6.51. The quantitative estimate of drug-likeness (QED) is 0.616. The smallest absolute Gasteiger partial charge is 0.408 e. The van der Waals surface area contributed by atoms with E-state index in [1.807, 2.05) is 42.5 Å². The lowest BCUT2D eigenvalue weighted by Gasteiger charge is -2.22. The minimum atomic E-state index is -0.555. The molecule has 0 spiro atoms. The van der Waals surface area contributed by atoms with Crippen molar-refractivity contribution in [1.29, 1.82) is 0 Å². The number of hydrogen-bond acceptors (Lipinski definition) is 5. The first kappa shape index (κ1) is 17.8. The van der Waals surface area contributed by atoms with E-state index < -0.39 is 30.1 Å². The summed E-state index contributed by atoms with van der Waals surface area (Å²) < 4.78 is 11.2. The number of amides is 3. The molecular formula is C21H18N2O5. The van der Waals surface area contributed by atoms with E-state index in [0.29, 0.717) is 17.7 Å². The molecule has 0 unspecified atom stereocenters. The van der Waals surface area contributed by atoms with Crippen molar-refractivity contribution < 1.29 is 23.9 Å². The van der Waals surface area contributed by atoms with Gasteiger partial charge in [-0.05, 0) is 17.7 Å². The number of alkyl carbamates (subject to hydrolysis) is 1. The van der Waals surface area contributed by atoms with Gasteiger partial charge in [-0.3, -0.25) is 14.9 Å². The van der Waals surface area contributed by atoms with Gasteiger partial charge in [-0.15, -0.1) is 0 Å². The van der Waals surface area contributed by atoms with E-state index in [-0.39, 0.29) is 12.2 Å². The molecule has 0 saturated carbocycles. The topological polar surface area (TPSA) is 93.7 Å². The molecule has 1 aliphatic heterocycles. The Bertz CT molecular complexity index is 955. The van der Waals surface area contributed by atoms with Crippen molar-refractivity contribution in [2.24, 2.45) is 0 Å². The molecule has 3 amide bonds. The first-order valence-electron chi connectivity index (χ1n) is 8.91. The van der Waals surface area contributed by atoms with Gasteiger partial charge in [0, 0.05) is 6.42 Å². The van der Waals surface area contributed by atoms with Crippen molar-refractivity contribution in [3.63, 3.8) is 0 Å². The molecule has 2 atom stereocenters. The van der Waals surface area contributed by atoms with Gasteiger partial charge in [0.2, 0.25) is 0 Å². The van der Waals surface area contributed by atoms with Crippen molar-refractivity contribution in [1.82, 2.24) is 10.6 Å². The van der Waals surface area contributed by atoms with Crippen LogP contribution >= 0.6 is 0 Å². The zero-order valence-corrected chi connectivity index (χ0v) is 14.9. The molecule has 2 aliphatic rings. The molecule has 2 aromatic carbocycles. The lowest BCUT2D eigenvalue weighted by molar-refractivity contribution is 0.0876. The van der Waals surface area contributed by atoms with Crippen LogP contribution in [0.15, 0.2) is 60.7 Å². The Hall–Kier alpha value is -3.61. The van der Waals surface area contributed by atoms with Gasteiger partial charge in [0.05, 0.1) is 17.2 Å². The van der Waals surface area contributed by atoms with E-state index in [4.69, 9.17) is 9.47 Å². The Morgan fingerprint density at radius 1 is 1.07 bits per heavy atom. The summed E-state index contributed by atoms with van der Waals surface area (Å²) in [4.78, 5) is 35.9. The fourth-order valence-electron chi connectivity index (χ4n) is 3.24. The van der Waals surface area contributed by atoms with Gasteiger partial charge in [0.15, 0.2) is 0 Å². The van der Waals surface area contributed by atoms with Crippen molar-refractivity contribution in [2.75, 3.05) is 0 Å². The molecule has 0 bridgehead atoms. The van der Waals surface area contributed by atoms with Crippen molar-refractivity contribution in [2.45, 2.75) is 25.2 Å². The molecule has 1 heterocycles. The van der Waals surface area contributed by atoms with Gasteiger partial charge < -0.3 is 14.8 Å². The van der Waals surface area contributed by atoms with Gasteiger partial charge in [0.1, 0.15) is 18.5 Å². The van der Waals surface area contributed by atoms with E-state index in [0.717, 1.165) is 5.56 Å². The van der Waals surface area contributed by atoms with Gasteiger partial charge in [-0.1, -0.05) is 48.6 Å². The van der Waals surface area contributed by atoms with Crippen LogP contribution in [0.1, 0.15) is 32.7 Å². The Morgan fingerprint density at radius 2 is 1.89 bits per heavy atom. The molecule has 0 saturated heterocycles. The summed E-state index contributed by atoms with van der Waals surface area (Å²) in [6.07, 6.45) is 3.31. The van der Waals surface area contributed by atoms with E-state index in [1.54, 1.807) is 18.2 Å². The molecule has 0 fully saturated rings. The highest BCUT2D eigenvalue weighted by atomic mass is 16.5. The summed E-state index contributed by atoms with van der Waals surface area (Å²) in [5, 5.41) is 5.03. The maximum absolute atomic E-state index is 12.1. The van der Waals surface area contributed by atoms with Crippen molar-refractivity contribution in [3.8, 4) is 5.75 Å². The van der Waals surface area contributed by atoms with Crippen LogP contribution in [-0.4, -0.2) is 30.1 Å². The molecular weight excluding hydrogens is 360 g/mol. The number of carbonyl (C=O) groups is 3. The average Bonchev–Trinajstić information content (AvgIpc) is 3.25. The lowest BCUT2D eigenvalue weighted by Crippen LogP contribution is -2.42. The zero-order chi connectivity index (χ0) is 19.5. The first-order chi connectivity index (χ1) is 13.6. The SMILES string of the molecule is O=C(N[C@H]1C=CC[C@H]1Oc1cccc2c1C(=O)NC2=O)OCc1ccccc1. The van der Waals surface area contributed by atoms with Crippen LogP contribution in [0, 0.1) is 0 Å². The maximum atomic E-state index is 12.1. The molecule has 0 radical (unpaired) electrons. The normalized spacial score (nSPS) is 19.9. The fourth-order valence-corrected chi connectivity index (χ4v) is 3.24. The number of hydrogen-bond donors (Lipinski definition) is 2. The largest absolute Gasteiger partial charge is 0.487 e. The number of imide groups is 1. The zero-order valence-electron chi connectivity index (χ0n) is 14.9. The summed E-state index contributed by atoms with van der Waals surface area (Å²) in [7, 11) is 0. The van der Waals surface area contributed by atoms with E-state index in [2.05, 4.69) is 10.6 Å². The van der Waals surface area contributed by atoms with Crippen LogP contribution in [0.5, 0.6) is 5.75 Å². The Balaban J connectivity index is 1.39. The van der Waals surface area contributed by atoms with E-state index in [1.165, 1.54) is 0 Å². The molecule has 7 nitrogen and oxygen atoms in total. The van der Waals surface area contributed by atoms with Crippen LogP contribution in [0.3, 0.4) is 0 Å². The van der Waals surface area contributed by atoms with E-state index >= 15 is 0 Å². The minimum Gasteiger partial charge on any atom is -0.487 e. The minimum absolute atomic E-state index is 0.170. The van der Waals surface area contributed by atoms with Gasteiger partial charge in [-0.25, -0.2) is 4.79 Å². The predicted octanol–water partition coefficient (Wildman–Crippen LogP) is 2.57. The molecule has 142 valence electrons. The van der Waals surface area contributed by atoms with Crippen LogP contribution in [0.25, 0.3) is 0 Å². The fraction of sp³-hybridized carbons (Fsp3) is 0.190. The first-order valence-corrected chi connectivity index (χ1v) is 8.91. The van der Waals surface area contributed by atoms with Gasteiger partial charge in [0.25, 0.3) is 11.8 Å². The van der Waals surface area contributed by atoms with Crippen LogP contribution in [0.4, 0.5) is 4.79 Å². The van der Waals surface area contributed by atoms with Gasteiger partial charge >= 0.3 is 6.09 Å². The second kappa shape index (κ2) is 7.56. The summed E-state index contributed by atoms with van der Waals surface area (Å²) in [5.74, 6) is -0.596. The predicted molar refractivity (Wildman–Crippen MR) is 100.0 cm³/mol. The number of rotatable bonds is 5. The monoisotopic (exact) mass is 378 g/mol. The van der Waals surface area contributed by atoms with Gasteiger partial charge in [-0.2, -0.15) is 0 Å². The number of ether oxygens (including phenoxy) is 2. The molecule has 2 aromatic rings. The average molecular weight is 378 g/mol. The summed E-state index contributed by atoms with van der Waals surface area (Å²) >= 11 is 0. The standard InChI is InChI=1S/C21H18N2O5/c24-19-14-8-4-11-17(18(14)20(25)23-19)28-16-10-5-9-15(16)22-21(26)27-12-13-6-2-1-3-7-13/h1-9,11,15-16H,10,12H2,(H,22,26)(H,23,24,25)/t15-,16+/m0/s1. The molecule has 2 N–H and O–H groups in total. The summed E-state index contributed by atoms with van der Waals surface area (Å²) in [6.45, 7) is 0.170. The summed E-state index contributed by atoms with van der Waals surface area (Å²) in [5.41, 5.74) is 1.41. The number of nitrogens with one attached hydrogen (secondary N) is 2. The third-order valence-corrected chi connectivity index (χ3v) is 4.61. The summed E-state index contributed by atoms with van der Waals surface area (Å²) in [6, 6.07) is 13.9. The van der Waals surface area contributed by atoms with Crippen molar-refractivity contribution in [3.05, 3.63) is 77.4 Å². The third kappa shape index (κ3) is 3.59. The molecule has 0 aromatic heterocycles. The van der Waals surface area contributed by atoms with Crippen LogP contribution in [-0.2, 0) is 11.3 Å². The van der Waals surface area contributed by atoms with Crippen LogP contribution < -0.4 is 15.4 Å². The Labute approximate surface area is 161 Å². The maximum Gasteiger partial charge on any atom is 0.408 e. The highest BCUT2D eigenvalue weighted by molar-refractivity contribution is 6.22. The molecule has 7 heteroatoms. The number of carbonyl (C=O) groups excluding carboxylic acids is 3. The third-order valence-electron chi connectivity index (χ3n) is 4.61. The van der Waals surface area contributed by atoms with Crippen molar-refractivity contribution >= 4 is 17.9 Å². The molecule has 1 aliphatic carbocycles. The number of fused-ring (bicyclic) bond motifs is 1. The number of benzene rings is 2. The Morgan fingerprint density at radius 3 is 2.71 bits per heavy atom. The van der Waals surface area contributed by atoms with E-state index in [9.17, 15) is 14.4 Å². The van der Waals surface area contributed by atoms with Crippen LogP contribution in [0.2, 0.25) is 0 Å². The second-order valence-electron chi connectivity index (χ2n) is 6.51. The Kier molecular flexibility index (Phi) is 4.80. The highest BCUT2D eigenvalue weighted by Crippen LogP contribution is 2.29. The lowest BCUT2D eigenvalue weighted by atomic mass is 10.1. The highest BCUT2D eigenvalue weighted by Gasteiger charge is 2.33. The molecule has 28 heavy (non-hydrogen) atoms.